The number of benzene rings is 2. The van der Waals surface area contributed by atoms with Gasteiger partial charge in [-0.05, 0) is 35.3 Å². The molecule has 0 spiro atoms. The van der Waals surface area contributed by atoms with Crippen LogP contribution in [-0.2, 0) is 7.05 Å². The van der Waals surface area contributed by atoms with Crippen LogP contribution in [0.2, 0.25) is 0 Å². The van der Waals surface area contributed by atoms with Crippen molar-refractivity contribution in [3.05, 3.63) is 75.8 Å². The number of amides is 1. The third kappa shape index (κ3) is 2.43. The van der Waals surface area contributed by atoms with Crippen molar-refractivity contribution in [1.29, 1.82) is 0 Å². The summed E-state index contributed by atoms with van der Waals surface area (Å²) >= 11 is 0. The lowest BCUT2D eigenvalue weighted by Crippen LogP contribution is -2.53. The van der Waals surface area contributed by atoms with Gasteiger partial charge in [-0.3, -0.25) is 9.59 Å². The summed E-state index contributed by atoms with van der Waals surface area (Å²) in [7, 11) is 0.325. The van der Waals surface area contributed by atoms with Crippen LogP contribution in [0.4, 0.5) is 4.39 Å². The van der Waals surface area contributed by atoms with Gasteiger partial charge < -0.3 is 9.59 Å². The normalized spacial score (nSPS) is 13.2. The molecule has 6 nitrogen and oxygen atoms in total. The van der Waals surface area contributed by atoms with Crippen LogP contribution < -0.4 is 10.9 Å². The minimum Gasteiger partial charge on any atom is -0.427 e. The Labute approximate surface area is 147 Å². The number of hydrazone groups is 1. The molecule has 2 heterocycles. The average Bonchev–Trinajstić information content (AvgIpc) is 2.64. The number of fused-ring (bicyclic) bond motifs is 2. The number of nitrogens with zero attached hydrogens (tertiary/aromatic N) is 3. The van der Waals surface area contributed by atoms with Crippen molar-refractivity contribution in [2.24, 2.45) is 12.1 Å². The van der Waals surface area contributed by atoms with Gasteiger partial charge in [0.2, 0.25) is 5.43 Å². The number of aryl methyl sites for hydroxylation is 1. The van der Waals surface area contributed by atoms with E-state index in [1.807, 2.05) is 0 Å². The van der Waals surface area contributed by atoms with Gasteiger partial charge in [0.15, 0.2) is 0 Å². The van der Waals surface area contributed by atoms with Crippen LogP contribution in [0.3, 0.4) is 0 Å². The molecule has 4 rings (SSSR count). The first-order valence-electron chi connectivity index (χ1n) is 7.91. The molecule has 0 atom stereocenters. The molecule has 0 aliphatic carbocycles. The Kier molecular flexibility index (Phi) is 3.70. The first kappa shape index (κ1) is 16.2. The van der Waals surface area contributed by atoms with Crippen molar-refractivity contribution in [2.75, 3.05) is 0 Å². The third-order valence-electron chi connectivity index (χ3n) is 4.41. The molecule has 1 amide bonds. The van der Waals surface area contributed by atoms with Crippen molar-refractivity contribution < 1.29 is 14.2 Å². The van der Waals surface area contributed by atoms with E-state index in [2.05, 4.69) is 5.10 Å². The highest BCUT2D eigenvalue weighted by atomic mass is 19.1. The van der Waals surface area contributed by atoms with Gasteiger partial charge in [0.1, 0.15) is 11.4 Å². The molecular weight excluding hydrogens is 336 g/mol. The molecule has 0 saturated carbocycles. The van der Waals surface area contributed by atoms with E-state index in [1.54, 1.807) is 35.9 Å². The fourth-order valence-electron chi connectivity index (χ4n) is 3.09. The van der Waals surface area contributed by atoms with E-state index in [0.29, 0.717) is 21.9 Å². The number of para-hydroxylation sites is 1. The quantitative estimate of drug-likeness (QED) is 0.662. The Morgan fingerprint density at radius 2 is 2.00 bits per heavy atom. The van der Waals surface area contributed by atoms with Crippen molar-refractivity contribution in [3.63, 3.8) is 0 Å². The molecule has 2 aromatic carbocycles. The van der Waals surface area contributed by atoms with Gasteiger partial charge in [-0.15, -0.1) is 0 Å². The van der Waals surface area contributed by atoms with Crippen LogP contribution in [0.1, 0.15) is 15.9 Å². The van der Waals surface area contributed by atoms with E-state index in [0.717, 1.165) is 4.92 Å². The zero-order valence-electron chi connectivity index (χ0n) is 13.8. The molecule has 1 aliphatic heterocycles. The SMILES string of the molecule is Cn1cc(C(=O)N2N=Cc3cc(F)ccc3B2O)c(=O)c2ccccc21. The summed E-state index contributed by atoms with van der Waals surface area (Å²) in [5.74, 6) is -1.19. The van der Waals surface area contributed by atoms with Gasteiger partial charge in [-0.2, -0.15) is 5.10 Å². The van der Waals surface area contributed by atoms with E-state index in [4.69, 9.17) is 0 Å². The number of carbonyl (C=O) groups is 1. The second-order valence-corrected chi connectivity index (χ2v) is 6.04. The summed E-state index contributed by atoms with van der Waals surface area (Å²) < 4.78 is 15.0. The maximum Gasteiger partial charge on any atom is 0.474 e. The van der Waals surface area contributed by atoms with E-state index in [9.17, 15) is 19.0 Å². The molecule has 1 aliphatic rings. The molecule has 1 N–H and O–H groups in total. The Morgan fingerprint density at radius 1 is 1.23 bits per heavy atom. The Bertz CT molecular complexity index is 1140. The fraction of sp³-hybridized carbons (Fsp3) is 0.0556. The van der Waals surface area contributed by atoms with E-state index < -0.39 is 24.2 Å². The summed E-state index contributed by atoms with van der Waals surface area (Å²) in [5.41, 5.74) is 0.877. The summed E-state index contributed by atoms with van der Waals surface area (Å²) in [6, 6.07) is 10.7. The summed E-state index contributed by atoms with van der Waals surface area (Å²) in [6.45, 7) is 0. The second kappa shape index (κ2) is 5.92. The zero-order chi connectivity index (χ0) is 18.4. The molecule has 128 valence electrons. The predicted molar refractivity (Wildman–Crippen MR) is 97.0 cm³/mol. The van der Waals surface area contributed by atoms with Crippen LogP contribution >= 0.6 is 0 Å². The van der Waals surface area contributed by atoms with E-state index >= 15 is 0 Å². The number of carbonyl (C=O) groups excluding carboxylic acids is 1. The van der Waals surface area contributed by atoms with Crippen molar-refractivity contribution in [2.45, 2.75) is 0 Å². The van der Waals surface area contributed by atoms with Crippen molar-refractivity contribution >= 4 is 35.5 Å². The molecule has 3 aromatic rings. The van der Waals surface area contributed by atoms with Gasteiger partial charge in [-0.25, -0.2) is 9.31 Å². The van der Waals surface area contributed by atoms with Gasteiger partial charge in [-0.1, -0.05) is 18.2 Å². The smallest absolute Gasteiger partial charge is 0.427 e. The monoisotopic (exact) mass is 349 g/mol. The number of hydrogen-bond acceptors (Lipinski definition) is 4. The lowest BCUT2D eigenvalue weighted by molar-refractivity contribution is 0.0844. The molecule has 0 radical (unpaired) electrons. The highest BCUT2D eigenvalue weighted by Crippen LogP contribution is 2.14. The van der Waals surface area contributed by atoms with Crippen LogP contribution in [0.25, 0.3) is 10.9 Å². The lowest BCUT2D eigenvalue weighted by atomic mass is 9.69. The van der Waals surface area contributed by atoms with Crippen molar-refractivity contribution in [3.8, 4) is 0 Å². The molecule has 0 fully saturated rings. The maximum absolute atomic E-state index is 13.3. The summed E-state index contributed by atoms with van der Waals surface area (Å²) in [4.78, 5) is 26.4. The third-order valence-corrected chi connectivity index (χ3v) is 4.41. The minimum atomic E-state index is -1.40. The van der Waals surface area contributed by atoms with Gasteiger partial charge >= 0.3 is 7.05 Å². The Hall–Kier alpha value is -3.26. The largest absolute Gasteiger partial charge is 0.474 e. The molecule has 1 aromatic heterocycles. The number of halogens is 1. The average molecular weight is 349 g/mol. The first-order chi connectivity index (χ1) is 12.5. The van der Waals surface area contributed by atoms with E-state index in [1.165, 1.54) is 30.6 Å². The van der Waals surface area contributed by atoms with Crippen LogP contribution in [0.5, 0.6) is 0 Å². The Balaban J connectivity index is 1.80. The minimum absolute atomic E-state index is 0.104. The predicted octanol–water partition coefficient (Wildman–Crippen LogP) is 0.855. The second-order valence-electron chi connectivity index (χ2n) is 6.04. The van der Waals surface area contributed by atoms with Crippen LogP contribution in [0.15, 0.2) is 58.6 Å². The lowest BCUT2D eigenvalue weighted by Gasteiger charge is -2.25. The fourth-order valence-corrected chi connectivity index (χ4v) is 3.09. The topological polar surface area (TPSA) is 74.9 Å². The van der Waals surface area contributed by atoms with Gasteiger partial charge in [0.05, 0.1) is 11.7 Å². The molecule has 0 saturated heterocycles. The van der Waals surface area contributed by atoms with Crippen LogP contribution in [-0.4, -0.2) is 33.7 Å². The number of pyridine rings is 1. The number of aromatic nitrogens is 1. The molecular formula is C18H13BFN3O3. The first-order valence-corrected chi connectivity index (χ1v) is 7.91. The maximum atomic E-state index is 13.3. The van der Waals surface area contributed by atoms with Gasteiger partial charge in [0.25, 0.3) is 5.91 Å². The highest BCUT2D eigenvalue weighted by molar-refractivity contribution is 6.68. The standard InChI is InChI=1S/C18H13BFN3O3/c1-22-10-14(17(24)13-4-2-3-5-16(13)22)18(25)23-19(26)15-7-6-12(20)8-11(15)9-21-23/h2-10,26H,1H3. The highest BCUT2D eigenvalue weighted by Gasteiger charge is 2.35. The summed E-state index contributed by atoms with van der Waals surface area (Å²) in [5, 5.41) is 14.8. The Morgan fingerprint density at radius 3 is 2.81 bits per heavy atom. The number of hydrogen-bond donors (Lipinski definition) is 1. The van der Waals surface area contributed by atoms with Crippen LogP contribution in [0, 0.1) is 5.82 Å². The molecule has 26 heavy (non-hydrogen) atoms. The van der Waals surface area contributed by atoms with E-state index in [-0.39, 0.29) is 5.56 Å². The zero-order valence-corrected chi connectivity index (χ0v) is 13.8. The van der Waals surface area contributed by atoms with Crippen molar-refractivity contribution in [1.82, 2.24) is 9.49 Å². The van der Waals surface area contributed by atoms with Gasteiger partial charge in [0, 0.05) is 18.6 Å². The molecule has 0 bridgehead atoms. The summed E-state index contributed by atoms with van der Waals surface area (Å²) in [6.07, 6.45) is 2.71. The number of rotatable bonds is 1. The molecule has 8 heteroatoms. The molecule has 0 unspecified atom stereocenters.